The van der Waals surface area contributed by atoms with Gasteiger partial charge in [0.15, 0.2) is 0 Å². The zero-order valence-corrected chi connectivity index (χ0v) is 6.78. The molecule has 0 aliphatic heterocycles. The molecule has 0 aromatic heterocycles. The van der Waals surface area contributed by atoms with Crippen molar-refractivity contribution in [2.45, 2.75) is 38.7 Å². The Morgan fingerprint density at radius 3 is 2.20 bits per heavy atom. The van der Waals surface area contributed by atoms with Gasteiger partial charge in [-0.1, -0.05) is 19.8 Å². The standard InChI is InChI=1S/C9H15O/c1-4-7-8-9(10,5-2)6-3/h10H,1,4-6H2,2-3H3. The first-order chi connectivity index (χ1) is 4.68. The van der Waals surface area contributed by atoms with Crippen molar-refractivity contribution in [2.24, 2.45) is 0 Å². The minimum Gasteiger partial charge on any atom is -0.378 e. The maximum Gasteiger partial charge on any atom is 0.125 e. The Labute approximate surface area is 63.5 Å². The Kier molecular flexibility index (Phi) is 4.14. The topological polar surface area (TPSA) is 20.2 Å². The van der Waals surface area contributed by atoms with Crippen LogP contribution in [0.3, 0.4) is 0 Å². The highest BCUT2D eigenvalue weighted by Gasteiger charge is 2.17. The van der Waals surface area contributed by atoms with E-state index in [4.69, 9.17) is 0 Å². The van der Waals surface area contributed by atoms with Crippen LogP contribution in [0.25, 0.3) is 0 Å². The van der Waals surface area contributed by atoms with Gasteiger partial charge < -0.3 is 5.11 Å². The lowest BCUT2D eigenvalue weighted by Gasteiger charge is -2.16. The first-order valence-electron chi connectivity index (χ1n) is 3.70. The lowest BCUT2D eigenvalue weighted by Crippen LogP contribution is -2.23. The highest BCUT2D eigenvalue weighted by Crippen LogP contribution is 2.12. The Morgan fingerprint density at radius 2 is 1.90 bits per heavy atom. The van der Waals surface area contributed by atoms with Crippen LogP contribution >= 0.6 is 0 Å². The molecule has 1 radical (unpaired) electrons. The highest BCUT2D eigenvalue weighted by atomic mass is 16.3. The van der Waals surface area contributed by atoms with Gasteiger partial charge in [-0.2, -0.15) is 0 Å². The summed E-state index contributed by atoms with van der Waals surface area (Å²) < 4.78 is 0. The van der Waals surface area contributed by atoms with Gasteiger partial charge in [-0.15, -0.1) is 5.92 Å². The van der Waals surface area contributed by atoms with Gasteiger partial charge in [0.05, 0.1) is 0 Å². The Hall–Kier alpha value is -0.480. The van der Waals surface area contributed by atoms with Gasteiger partial charge >= 0.3 is 0 Å². The molecule has 0 bridgehead atoms. The van der Waals surface area contributed by atoms with Crippen molar-refractivity contribution < 1.29 is 5.11 Å². The van der Waals surface area contributed by atoms with Crippen molar-refractivity contribution in [1.82, 2.24) is 0 Å². The third kappa shape index (κ3) is 2.89. The molecule has 0 aromatic carbocycles. The minimum atomic E-state index is -0.766. The van der Waals surface area contributed by atoms with Gasteiger partial charge in [-0.25, -0.2) is 0 Å². The zero-order valence-electron chi connectivity index (χ0n) is 6.78. The van der Waals surface area contributed by atoms with Crippen molar-refractivity contribution in [3.8, 4) is 11.8 Å². The summed E-state index contributed by atoms with van der Waals surface area (Å²) in [6.07, 6.45) is 1.95. The average molecular weight is 139 g/mol. The molecular formula is C9H15O. The molecule has 1 N–H and O–H groups in total. The molecule has 57 valence electrons. The lowest BCUT2D eigenvalue weighted by molar-refractivity contribution is 0.0930. The molecule has 1 heteroatoms. The second-order valence-electron chi connectivity index (χ2n) is 2.29. The van der Waals surface area contributed by atoms with Gasteiger partial charge in [0.1, 0.15) is 5.60 Å². The van der Waals surface area contributed by atoms with Gasteiger partial charge in [0.2, 0.25) is 0 Å². The van der Waals surface area contributed by atoms with E-state index in [2.05, 4.69) is 18.8 Å². The molecule has 0 amide bonds. The summed E-state index contributed by atoms with van der Waals surface area (Å²) in [5.74, 6) is 5.57. The van der Waals surface area contributed by atoms with E-state index in [1.165, 1.54) is 0 Å². The monoisotopic (exact) mass is 139 g/mol. The molecule has 0 heterocycles. The summed E-state index contributed by atoms with van der Waals surface area (Å²) in [4.78, 5) is 0. The largest absolute Gasteiger partial charge is 0.378 e. The van der Waals surface area contributed by atoms with Crippen LogP contribution in [-0.2, 0) is 0 Å². The van der Waals surface area contributed by atoms with Crippen molar-refractivity contribution in [3.05, 3.63) is 6.92 Å². The minimum absolute atomic E-state index is 0.572. The van der Waals surface area contributed by atoms with Crippen LogP contribution in [0, 0.1) is 18.8 Å². The second-order valence-corrected chi connectivity index (χ2v) is 2.29. The molecule has 10 heavy (non-hydrogen) atoms. The summed E-state index contributed by atoms with van der Waals surface area (Å²) in [5, 5.41) is 9.56. The maximum atomic E-state index is 9.56. The second kappa shape index (κ2) is 4.35. The molecule has 0 aliphatic carbocycles. The smallest absolute Gasteiger partial charge is 0.125 e. The van der Waals surface area contributed by atoms with Crippen LogP contribution in [0.5, 0.6) is 0 Å². The van der Waals surface area contributed by atoms with Gasteiger partial charge in [0.25, 0.3) is 0 Å². The van der Waals surface area contributed by atoms with Crippen LogP contribution in [0.1, 0.15) is 33.1 Å². The molecular weight excluding hydrogens is 124 g/mol. The molecule has 0 saturated carbocycles. The van der Waals surface area contributed by atoms with Crippen LogP contribution in [0.2, 0.25) is 0 Å². The number of rotatable bonds is 2. The molecule has 0 atom stereocenters. The molecule has 0 fully saturated rings. The van der Waals surface area contributed by atoms with Crippen molar-refractivity contribution in [1.29, 1.82) is 0 Å². The molecule has 0 aromatic rings. The van der Waals surface area contributed by atoms with E-state index in [1.54, 1.807) is 0 Å². The molecule has 0 spiro atoms. The number of hydrogen-bond acceptors (Lipinski definition) is 1. The fourth-order valence-corrected chi connectivity index (χ4v) is 0.654. The highest BCUT2D eigenvalue weighted by molar-refractivity contribution is 5.13. The van der Waals surface area contributed by atoms with E-state index >= 15 is 0 Å². The van der Waals surface area contributed by atoms with E-state index in [0.717, 1.165) is 0 Å². The Bertz CT molecular complexity index is 135. The molecule has 0 rings (SSSR count). The Morgan fingerprint density at radius 1 is 1.40 bits per heavy atom. The summed E-state index contributed by atoms with van der Waals surface area (Å²) in [7, 11) is 0. The maximum absolute atomic E-state index is 9.56. The fourth-order valence-electron chi connectivity index (χ4n) is 0.654. The summed E-state index contributed by atoms with van der Waals surface area (Å²) in [6.45, 7) is 7.44. The molecule has 1 nitrogen and oxygen atoms in total. The van der Waals surface area contributed by atoms with E-state index in [0.29, 0.717) is 19.3 Å². The third-order valence-electron chi connectivity index (χ3n) is 1.62. The predicted molar refractivity (Wildman–Crippen MR) is 43.3 cm³/mol. The normalized spacial score (nSPS) is 10.4. The summed E-state index contributed by atoms with van der Waals surface area (Å²) in [6, 6.07) is 0. The quantitative estimate of drug-likeness (QED) is 0.578. The molecule has 0 unspecified atom stereocenters. The van der Waals surface area contributed by atoms with E-state index in [1.807, 2.05) is 13.8 Å². The first kappa shape index (κ1) is 9.52. The Balaban J connectivity index is 4.05. The van der Waals surface area contributed by atoms with Crippen LogP contribution in [0.15, 0.2) is 0 Å². The van der Waals surface area contributed by atoms with Gasteiger partial charge in [0, 0.05) is 6.42 Å². The molecule has 0 saturated heterocycles. The fraction of sp³-hybridized carbons (Fsp3) is 0.667. The van der Waals surface area contributed by atoms with Crippen LogP contribution in [0.4, 0.5) is 0 Å². The molecule has 0 aliphatic rings. The first-order valence-corrected chi connectivity index (χ1v) is 3.70. The van der Waals surface area contributed by atoms with Crippen LogP contribution < -0.4 is 0 Å². The summed E-state index contributed by atoms with van der Waals surface area (Å²) in [5.41, 5.74) is -0.766. The number of aliphatic hydroxyl groups is 1. The van der Waals surface area contributed by atoms with E-state index in [-0.39, 0.29) is 0 Å². The van der Waals surface area contributed by atoms with Crippen molar-refractivity contribution >= 4 is 0 Å². The lowest BCUT2D eigenvalue weighted by atomic mass is 9.98. The van der Waals surface area contributed by atoms with Crippen molar-refractivity contribution in [2.75, 3.05) is 0 Å². The van der Waals surface area contributed by atoms with Gasteiger partial charge in [-0.05, 0) is 19.8 Å². The number of hydrogen-bond donors (Lipinski definition) is 1. The zero-order chi connectivity index (χ0) is 8.04. The van der Waals surface area contributed by atoms with Gasteiger partial charge in [-0.3, -0.25) is 0 Å². The van der Waals surface area contributed by atoms with E-state index < -0.39 is 5.60 Å². The predicted octanol–water partition coefficient (Wildman–Crippen LogP) is 1.77. The third-order valence-corrected chi connectivity index (χ3v) is 1.62. The SMILES string of the molecule is [CH2]CC#CC(O)(CC)CC. The summed E-state index contributed by atoms with van der Waals surface area (Å²) >= 11 is 0. The average Bonchev–Trinajstić information content (AvgIpc) is 2.00. The van der Waals surface area contributed by atoms with Crippen LogP contribution in [-0.4, -0.2) is 10.7 Å². The van der Waals surface area contributed by atoms with E-state index in [9.17, 15) is 5.11 Å². The van der Waals surface area contributed by atoms with Crippen molar-refractivity contribution in [3.63, 3.8) is 0 Å².